The Hall–Kier alpha value is -2.71. The molecule has 1 amide bonds. The molecule has 1 fully saturated rings. The zero-order valence-electron chi connectivity index (χ0n) is 16.6. The van der Waals surface area contributed by atoms with E-state index in [2.05, 4.69) is 15.0 Å². The number of halogens is 1. The summed E-state index contributed by atoms with van der Waals surface area (Å²) in [6, 6.07) is 14.0. The van der Waals surface area contributed by atoms with Gasteiger partial charge in [-0.05, 0) is 24.6 Å². The molecule has 4 rings (SSSR count). The Morgan fingerprint density at radius 2 is 2.10 bits per heavy atom. The van der Waals surface area contributed by atoms with E-state index >= 15 is 0 Å². The van der Waals surface area contributed by atoms with E-state index in [1.54, 1.807) is 48.1 Å². The van der Waals surface area contributed by atoms with E-state index in [0.717, 1.165) is 5.03 Å². The maximum absolute atomic E-state index is 14.3. The van der Waals surface area contributed by atoms with Crippen LogP contribution in [0.5, 0.6) is 0 Å². The van der Waals surface area contributed by atoms with Crippen molar-refractivity contribution >= 4 is 17.7 Å². The summed E-state index contributed by atoms with van der Waals surface area (Å²) in [4.78, 5) is 21.4. The van der Waals surface area contributed by atoms with Gasteiger partial charge in [0.2, 0.25) is 5.91 Å². The second kappa shape index (κ2) is 9.40. The molecule has 2 aromatic heterocycles. The molecule has 0 spiro atoms. The molecule has 2 atom stereocenters. The first kappa shape index (κ1) is 20.6. The average molecular weight is 427 g/mol. The van der Waals surface area contributed by atoms with Gasteiger partial charge in [-0.3, -0.25) is 9.69 Å². The molecule has 0 aliphatic carbocycles. The first-order valence-electron chi connectivity index (χ1n) is 9.79. The van der Waals surface area contributed by atoms with E-state index in [9.17, 15) is 9.18 Å². The lowest BCUT2D eigenvalue weighted by molar-refractivity contribution is -0.135. The second-order valence-corrected chi connectivity index (χ2v) is 8.69. The minimum absolute atomic E-state index is 0.00143. The van der Waals surface area contributed by atoms with Crippen LogP contribution in [0.3, 0.4) is 0 Å². The molecule has 0 radical (unpaired) electrons. The van der Waals surface area contributed by atoms with Gasteiger partial charge in [0.15, 0.2) is 0 Å². The maximum Gasteiger partial charge on any atom is 0.240 e. The number of hydrogen-bond donors (Lipinski definition) is 0. The summed E-state index contributed by atoms with van der Waals surface area (Å²) in [7, 11) is 1.76. The molecular formula is C22H23FN4O2S. The Bertz CT molecular complexity index is 970. The molecule has 0 unspecified atom stereocenters. The highest BCUT2D eigenvalue weighted by atomic mass is 32.2. The molecule has 0 N–H and O–H groups in total. The van der Waals surface area contributed by atoms with Gasteiger partial charge in [0.1, 0.15) is 17.8 Å². The highest BCUT2D eigenvalue weighted by molar-refractivity contribution is 7.99. The molecule has 3 aromatic rings. The molecule has 1 aliphatic heterocycles. The first-order chi connectivity index (χ1) is 14.6. The molecular weight excluding hydrogens is 403 g/mol. The smallest absolute Gasteiger partial charge is 0.240 e. The van der Waals surface area contributed by atoms with Gasteiger partial charge >= 0.3 is 0 Å². The van der Waals surface area contributed by atoms with Crippen molar-refractivity contribution in [3.8, 4) is 0 Å². The monoisotopic (exact) mass is 426 g/mol. The summed E-state index contributed by atoms with van der Waals surface area (Å²) in [5.74, 6) is -0.251. The zero-order chi connectivity index (χ0) is 20.9. The van der Waals surface area contributed by atoms with Gasteiger partial charge in [-0.2, -0.15) is 0 Å². The number of benzene rings is 1. The van der Waals surface area contributed by atoms with E-state index < -0.39 is 0 Å². The predicted octanol–water partition coefficient (Wildman–Crippen LogP) is 3.60. The van der Waals surface area contributed by atoms with Crippen molar-refractivity contribution in [2.45, 2.75) is 35.8 Å². The quantitative estimate of drug-likeness (QED) is 0.575. The fraction of sp³-hybridized carbons (Fsp3) is 0.318. The molecule has 1 aromatic carbocycles. The fourth-order valence-corrected chi connectivity index (χ4v) is 4.87. The fourth-order valence-electron chi connectivity index (χ4n) is 3.71. The molecule has 0 bridgehead atoms. The number of carbonyl (C=O) groups excluding carboxylic acids is 1. The van der Waals surface area contributed by atoms with Crippen molar-refractivity contribution in [3.05, 3.63) is 78.1 Å². The van der Waals surface area contributed by atoms with Gasteiger partial charge < -0.3 is 9.42 Å². The minimum Gasteiger partial charge on any atom is -0.364 e. The van der Waals surface area contributed by atoms with Crippen molar-refractivity contribution in [1.82, 2.24) is 19.9 Å². The summed E-state index contributed by atoms with van der Waals surface area (Å²) in [5, 5.41) is 5.01. The van der Waals surface area contributed by atoms with Gasteiger partial charge in [0.05, 0.1) is 17.6 Å². The van der Waals surface area contributed by atoms with Crippen LogP contribution in [0.1, 0.15) is 17.7 Å². The number of likely N-dealkylation sites (tertiary alicyclic amines) is 1. The normalized spacial score (nSPS) is 19.1. The topological polar surface area (TPSA) is 62.5 Å². The van der Waals surface area contributed by atoms with Crippen molar-refractivity contribution in [2.75, 3.05) is 13.6 Å². The lowest BCUT2D eigenvalue weighted by Gasteiger charge is -2.27. The zero-order valence-corrected chi connectivity index (χ0v) is 17.5. The SMILES string of the molecule is CN(Cc1ccon1)C(=O)[C@@H]1C[C@@H](Sc2ccccn2)CN1Cc1ccccc1F. The number of likely N-dealkylation sites (N-methyl/N-ethyl adjacent to an activating group) is 1. The number of hydrogen-bond acceptors (Lipinski definition) is 6. The van der Waals surface area contributed by atoms with Crippen LogP contribution in [0.15, 0.2) is 70.5 Å². The van der Waals surface area contributed by atoms with Crippen LogP contribution in [0.25, 0.3) is 0 Å². The number of amides is 1. The van der Waals surface area contributed by atoms with Gasteiger partial charge in [-0.15, -0.1) is 11.8 Å². The lowest BCUT2D eigenvalue weighted by Crippen LogP contribution is -2.43. The Morgan fingerprint density at radius 3 is 2.83 bits per heavy atom. The van der Waals surface area contributed by atoms with Crippen LogP contribution < -0.4 is 0 Å². The van der Waals surface area contributed by atoms with Crippen LogP contribution in [0.4, 0.5) is 4.39 Å². The second-order valence-electron chi connectivity index (χ2n) is 7.37. The van der Waals surface area contributed by atoms with E-state index in [1.807, 2.05) is 24.3 Å². The van der Waals surface area contributed by atoms with Crippen LogP contribution in [0, 0.1) is 5.82 Å². The molecule has 3 heterocycles. The molecule has 1 aliphatic rings. The minimum atomic E-state index is -0.331. The van der Waals surface area contributed by atoms with E-state index in [4.69, 9.17) is 4.52 Å². The molecule has 6 nitrogen and oxygen atoms in total. The Balaban J connectivity index is 1.50. The molecule has 8 heteroatoms. The third kappa shape index (κ3) is 4.88. The largest absolute Gasteiger partial charge is 0.364 e. The van der Waals surface area contributed by atoms with E-state index in [0.29, 0.717) is 37.3 Å². The third-order valence-electron chi connectivity index (χ3n) is 5.17. The number of rotatable bonds is 7. The number of pyridine rings is 1. The summed E-state index contributed by atoms with van der Waals surface area (Å²) in [6.45, 7) is 1.45. The summed E-state index contributed by atoms with van der Waals surface area (Å²) in [5.41, 5.74) is 1.29. The van der Waals surface area contributed by atoms with Gasteiger partial charge in [0, 0.05) is 43.2 Å². The number of carbonyl (C=O) groups is 1. The predicted molar refractivity (Wildman–Crippen MR) is 112 cm³/mol. The molecule has 0 saturated carbocycles. The Morgan fingerprint density at radius 1 is 1.27 bits per heavy atom. The van der Waals surface area contributed by atoms with Crippen molar-refractivity contribution in [3.63, 3.8) is 0 Å². The maximum atomic E-state index is 14.3. The summed E-state index contributed by atoms with van der Waals surface area (Å²) >= 11 is 1.66. The number of aromatic nitrogens is 2. The molecule has 156 valence electrons. The van der Waals surface area contributed by atoms with E-state index in [1.165, 1.54) is 12.3 Å². The van der Waals surface area contributed by atoms with Gasteiger partial charge in [-0.1, -0.05) is 29.4 Å². The van der Waals surface area contributed by atoms with Crippen molar-refractivity contribution in [2.24, 2.45) is 0 Å². The molecule has 1 saturated heterocycles. The van der Waals surface area contributed by atoms with Crippen molar-refractivity contribution < 1.29 is 13.7 Å². The van der Waals surface area contributed by atoms with Gasteiger partial charge in [0.25, 0.3) is 0 Å². The lowest BCUT2D eigenvalue weighted by atomic mass is 10.1. The average Bonchev–Trinajstić information content (AvgIpc) is 3.40. The highest BCUT2D eigenvalue weighted by Gasteiger charge is 2.39. The third-order valence-corrected chi connectivity index (χ3v) is 6.33. The Labute approximate surface area is 179 Å². The summed E-state index contributed by atoms with van der Waals surface area (Å²) in [6.07, 6.45) is 3.94. The van der Waals surface area contributed by atoms with Crippen LogP contribution in [-0.2, 0) is 17.9 Å². The van der Waals surface area contributed by atoms with Crippen molar-refractivity contribution in [1.29, 1.82) is 0 Å². The Kier molecular flexibility index (Phi) is 6.44. The van der Waals surface area contributed by atoms with Gasteiger partial charge in [-0.25, -0.2) is 9.37 Å². The first-order valence-corrected chi connectivity index (χ1v) is 10.7. The number of nitrogens with zero attached hydrogens (tertiary/aromatic N) is 4. The van der Waals surface area contributed by atoms with Crippen LogP contribution in [0.2, 0.25) is 0 Å². The van der Waals surface area contributed by atoms with Crippen LogP contribution in [-0.4, -0.2) is 50.7 Å². The highest BCUT2D eigenvalue weighted by Crippen LogP contribution is 2.33. The van der Waals surface area contributed by atoms with Crippen LogP contribution >= 0.6 is 11.8 Å². The summed E-state index contributed by atoms with van der Waals surface area (Å²) < 4.78 is 19.1. The number of thioether (sulfide) groups is 1. The van der Waals surface area contributed by atoms with E-state index in [-0.39, 0.29) is 23.0 Å². The standard InChI is InChI=1S/C22H23FN4O2S/c1-26(14-17-9-11-29-25-17)22(28)20-12-18(30-21-8-4-5-10-24-21)15-27(20)13-16-6-2-3-7-19(16)23/h2-11,18,20H,12-15H2,1H3/t18-,20+/m1/s1. The molecule has 30 heavy (non-hydrogen) atoms.